The number of fused-ring (bicyclic) bond motifs is 6. The van der Waals surface area contributed by atoms with E-state index in [1.54, 1.807) is 6.92 Å². The normalized spacial score (nSPS) is 26.8. The summed E-state index contributed by atoms with van der Waals surface area (Å²) in [6.45, 7) is 4.56. The van der Waals surface area contributed by atoms with E-state index in [1.807, 2.05) is 0 Å². The fraction of sp³-hybridized carbons (Fsp3) is 0.511. The van der Waals surface area contributed by atoms with Crippen LogP contribution in [0.2, 0.25) is 0 Å². The van der Waals surface area contributed by atoms with E-state index in [-0.39, 0.29) is 66.5 Å². The van der Waals surface area contributed by atoms with E-state index in [0.717, 1.165) is 17.1 Å². The highest BCUT2D eigenvalue weighted by molar-refractivity contribution is 6.31. The molecule has 2 aromatic carbocycles. The Hall–Kier alpha value is -7.07. The molecular weight excluding hydrogens is 965 g/mol. The molecule has 26 heteroatoms. The van der Waals surface area contributed by atoms with Crippen LogP contribution in [0, 0.1) is 0 Å². The number of hydrogen-bond acceptors (Lipinski definition) is 19. The summed E-state index contributed by atoms with van der Waals surface area (Å²) in [5.74, 6) is -7.40. The van der Waals surface area contributed by atoms with Crippen LogP contribution in [-0.2, 0) is 58.9 Å². The van der Waals surface area contributed by atoms with Crippen molar-refractivity contribution in [2.24, 2.45) is 0 Å². The van der Waals surface area contributed by atoms with Crippen molar-refractivity contribution in [2.45, 2.75) is 107 Å². The lowest BCUT2D eigenvalue weighted by molar-refractivity contribution is -0.256. The van der Waals surface area contributed by atoms with E-state index in [2.05, 4.69) is 37.0 Å². The SMILES string of the molecule is COc1cccc2c1C(=O)c1c(O)c3c(c(O)c1C2=O)C[C@@](O)(C(=O)NCCNC(=O)NNC(=O)[C@H](C)NC(=O)[C@H](C)NC(=O)CCN1C(=O)C=CC1=O)C[C@@H]3O[C@H]1C[C@H]2[C@H](O[C@@H]3[C@@H](OC)OCCN32)[C@H](C)O1. The van der Waals surface area contributed by atoms with Crippen molar-refractivity contribution in [3.05, 3.63) is 63.7 Å². The summed E-state index contributed by atoms with van der Waals surface area (Å²) in [5, 5.41) is 46.0. The van der Waals surface area contributed by atoms with E-state index in [0.29, 0.717) is 13.2 Å². The number of rotatable bonds is 15. The first-order valence-electron chi connectivity index (χ1n) is 23.5. The van der Waals surface area contributed by atoms with Gasteiger partial charge in [0.1, 0.15) is 41.0 Å². The second kappa shape index (κ2) is 21.2. The molecule has 10 atom stereocenters. The number of nitrogens with one attached hydrogen (secondary N) is 6. The number of morpholine rings is 1. The molecule has 8 rings (SSSR count). The topological polar surface area (TPSA) is 348 Å². The van der Waals surface area contributed by atoms with Gasteiger partial charge in [0.25, 0.3) is 23.6 Å². The summed E-state index contributed by atoms with van der Waals surface area (Å²) in [6, 6.07) is 0.789. The number of ether oxygens (including phenoxy) is 6. The largest absolute Gasteiger partial charge is 0.507 e. The van der Waals surface area contributed by atoms with Crippen molar-refractivity contribution in [3.8, 4) is 17.2 Å². The molecule has 3 saturated heterocycles. The third kappa shape index (κ3) is 10.2. The molecule has 4 heterocycles. The molecule has 392 valence electrons. The number of benzene rings is 2. The van der Waals surface area contributed by atoms with Crippen molar-refractivity contribution in [1.82, 2.24) is 41.9 Å². The fourth-order valence-corrected chi connectivity index (χ4v) is 9.94. The van der Waals surface area contributed by atoms with Crippen LogP contribution in [0.25, 0.3) is 0 Å². The quantitative estimate of drug-likeness (QED) is 0.0341. The third-order valence-corrected chi connectivity index (χ3v) is 13.6. The molecule has 0 saturated carbocycles. The number of imide groups is 1. The molecule has 26 nitrogen and oxygen atoms in total. The molecule has 8 amide bonds. The number of aliphatic hydroxyl groups is 1. The zero-order chi connectivity index (χ0) is 52.6. The summed E-state index contributed by atoms with van der Waals surface area (Å²) in [5.41, 5.74) is 0.155. The molecule has 4 aliphatic heterocycles. The highest BCUT2D eigenvalue weighted by Crippen LogP contribution is 2.53. The third-order valence-electron chi connectivity index (χ3n) is 13.6. The Morgan fingerprint density at radius 1 is 0.877 bits per heavy atom. The minimum absolute atomic E-state index is 0.0562. The monoisotopic (exact) mass is 1020 g/mol. The van der Waals surface area contributed by atoms with Gasteiger partial charge < -0.3 is 65.0 Å². The number of carbonyl (C=O) groups excluding carboxylic acids is 9. The van der Waals surface area contributed by atoms with Crippen LogP contribution in [0.15, 0.2) is 30.4 Å². The van der Waals surface area contributed by atoms with Crippen LogP contribution in [-0.4, -0.2) is 180 Å². The molecule has 0 spiro atoms. The number of nitrogens with zero attached hydrogens (tertiary/aromatic N) is 2. The average Bonchev–Trinajstić information content (AvgIpc) is 3.91. The Morgan fingerprint density at radius 3 is 2.29 bits per heavy atom. The van der Waals surface area contributed by atoms with Gasteiger partial charge in [0.15, 0.2) is 24.6 Å². The Morgan fingerprint density at radius 2 is 1.58 bits per heavy atom. The van der Waals surface area contributed by atoms with Crippen LogP contribution < -0.4 is 36.9 Å². The molecular formula is C47H56N8O18. The number of phenolic OH excluding ortho intramolecular Hbond substituents is 2. The zero-order valence-electron chi connectivity index (χ0n) is 40.3. The van der Waals surface area contributed by atoms with Gasteiger partial charge in [0.2, 0.25) is 17.6 Å². The summed E-state index contributed by atoms with van der Waals surface area (Å²) < 4.78 is 35.8. The Bertz CT molecular complexity index is 2650. The van der Waals surface area contributed by atoms with Crippen LogP contribution in [0.3, 0.4) is 0 Å². The summed E-state index contributed by atoms with van der Waals surface area (Å²) in [6.07, 6.45) is -3.82. The minimum atomic E-state index is -2.40. The predicted molar refractivity (Wildman–Crippen MR) is 245 cm³/mol. The first-order valence-corrected chi connectivity index (χ1v) is 23.5. The second-order valence-electron chi connectivity index (χ2n) is 18.3. The molecule has 2 aromatic rings. The molecule has 2 aliphatic carbocycles. The van der Waals surface area contributed by atoms with Gasteiger partial charge in [-0.1, -0.05) is 12.1 Å². The number of hydrazine groups is 1. The van der Waals surface area contributed by atoms with Crippen molar-refractivity contribution in [2.75, 3.05) is 47.0 Å². The number of methoxy groups -OCH3 is 2. The van der Waals surface area contributed by atoms with Gasteiger partial charge in [-0.3, -0.25) is 53.6 Å². The number of hydrogen-bond donors (Lipinski definition) is 9. The molecule has 3 fully saturated rings. The molecule has 6 aliphatic rings. The average molecular weight is 1020 g/mol. The Labute approximate surface area is 416 Å². The molecule has 0 bridgehead atoms. The van der Waals surface area contributed by atoms with Gasteiger partial charge in [0, 0.05) is 93.9 Å². The van der Waals surface area contributed by atoms with E-state index < -0.39 is 143 Å². The number of ketones is 2. The van der Waals surface area contributed by atoms with E-state index in [9.17, 15) is 58.5 Å². The molecule has 0 radical (unpaired) electrons. The number of aromatic hydroxyl groups is 2. The highest BCUT2D eigenvalue weighted by atomic mass is 16.7. The zero-order valence-corrected chi connectivity index (χ0v) is 40.3. The maximum absolute atomic E-state index is 14.2. The minimum Gasteiger partial charge on any atom is -0.507 e. The van der Waals surface area contributed by atoms with E-state index >= 15 is 0 Å². The van der Waals surface area contributed by atoms with Gasteiger partial charge in [-0.25, -0.2) is 10.2 Å². The molecule has 0 unspecified atom stereocenters. The summed E-state index contributed by atoms with van der Waals surface area (Å²) >= 11 is 0. The first kappa shape index (κ1) is 52.3. The fourth-order valence-electron chi connectivity index (χ4n) is 9.94. The lowest BCUT2D eigenvalue weighted by Crippen LogP contribution is -2.56. The Kier molecular flexibility index (Phi) is 15.2. The number of carbonyl (C=O) groups is 9. The van der Waals surface area contributed by atoms with Gasteiger partial charge in [0.05, 0.1) is 42.6 Å². The van der Waals surface area contributed by atoms with E-state index in [4.69, 9.17) is 28.4 Å². The smallest absolute Gasteiger partial charge is 0.333 e. The maximum atomic E-state index is 14.2. The lowest BCUT2D eigenvalue weighted by Gasteiger charge is -2.43. The summed E-state index contributed by atoms with van der Waals surface area (Å²) in [4.78, 5) is 119. The predicted octanol–water partition coefficient (Wildman–Crippen LogP) is -2.08. The number of amides is 8. The van der Waals surface area contributed by atoms with Crippen LogP contribution in [0.5, 0.6) is 17.2 Å². The van der Waals surface area contributed by atoms with Crippen LogP contribution in [0.4, 0.5) is 4.79 Å². The van der Waals surface area contributed by atoms with Gasteiger partial charge in [-0.05, 0) is 26.8 Å². The lowest BCUT2D eigenvalue weighted by atomic mass is 9.72. The standard InChI is InChI=1S/C47H56N8O18/c1-20(50-28(56)11-14-55-29(57)9-10-30(55)58)41(63)51-21(2)42(64)52-53-46(66)49-13-12-48-45(65)47(67)18-24-33(39(62)35-34(37(24)60)36(59)23-7-6-8-26(68-4)32(23)38(35)61)27(19-47)72-31-17-25-40(22(3)71-31)73-43-44(69-5)70-16-15-54(25)43/h6-10,20-22,25,27,31,40,43-44,60,62,67H,11-19H2,1-5H3,(H,48,65)(H,50,56)(H,51,63)(H,52,64)(H2,49,53,66)/t20-,21-,22-,25-,27-,31-,40+,43+,44-,47-/m0/s1. The maximum Gasteiger partial charge on any atom is 0.333 e. The van der Waals surface area contributed by atoms with Crippen molar-refractivity contribution in [3.63, 3.8) is 0 Å². The number of urea groups is 1. The first-order chi connectivity index (χ1) is 34.8. The second-order valence-corrected chi connectivity index (χ2v) is 18.3. The van der Waals surface area contributed by atoms with E-state index in [1.165, 1.54) is 46.3 Å². The van der Waals surface area contributed by atoms with Crippen LogP contribution in [0.1, 0.15) is 89.1 Å². The molecule has 0 aromatic heterocycles. The van der Waals surface area contributed by atoms with Crippen LogP contribution >= 0.6 is 0 Å². The van der Waals surface area contributed by atoms with Gasteiger partial charge in [-0.2, -0.15) is 0 Å². The highest BCUT2D eigenvalue weighted by Gasteiger charge is 2.55. The van der Waals surface area contributed by atoms with Gasteiger partial charge >= 0.3 is 6.03 Å². The Balaban J connectivity index is 0.902. The van der Waals surface area contributed by atoms with Crippen molar-refractivity contribution in [1.29, 1.82) is 0 Å². The number of phenols is 2. The van der Waals surface area contributed by atoms with Gasteiger partial charge in [-0.15, -0.1) is 0 Å². The molecule has 9 N–H and O–H groups in total. The molecule has 73 heavy (non-hydrogen) atoms. The van der Waals surface area contributed by atoms with Crippen molar-refractivity contribution >= 4 is 53.0 Å². The van der Waals surface area contributed by atoms with Crippen molar-refractivity contribution < 1.29 is 86.9 Å². The summed E-state index contributed by atoms with van der Waals surface area (Å²) in [7, 11) is 2.82.